The van der Waals surface area contributed by atoms with Gasteiger partial charge in [0.15, 0.2) is 0 Å². The van der Waals surface area contributed by atoms with Crippen molar-refractivity contribution in [2.24, 2.45) is 7.05 Å². The van der Waals surface area contributed by atoms with Crippen molar-refractivity contribution in [3.63, 3.8) is 0 Å². The predicted octanol–water partition coefficient (Wildman–Crippen LogP) is 4.86. The van der Waals surface area contributed by atoms with Crippen LogP contribution in [0.1, 0.15) is 34.8 Å². The molecule has 2 aromatic carbocycles. The summed E-state index contributed by atoms with van der Waals surface area (Å²) in [5.74, 6) is 0.454. The second kappa shape index (κ2) is 8.52. The molecule has 158 valence electrons. The maximum Gasteiger partial charge on any atom is 0.416 e. The number of hydrogen-bond donors (Lipinski definition) is 0. The van der Waals surface area contributed by atoms with Crippen LogP contribution in [0.5, 0.6) is 5.75 Å². The summed E-state index contributed by atoms with van der Waals surface area (Å²) in [5, 5.41) is 0. The highest BCUT2D eigenvalue weighted by Crippen LogP contribution is 2.35. The normalized spacial score (nSPS) is 17.0. The summed E-state index contributed by atoms with van der Waals surface area (Å²) in [7, 11) is 2.01. The molecule has 2 heterocycles. The molecular weight excluding hydrogens is 391 g/mol. The van der Waals surface area contributed by atoms with Gasteiger partial charge in [-0.2, -0.15) is 13.2 Å². The molecule has 4 nitrogen and oxygen atoms in total. The molecule has 30 heavy (non-hydrogen) atoms. The lowest BCUT2D eigenvalue weighted by Crippen LogP contribution is -2.38. The van der Waals surface area contributed by atoms with Crippen molar-refractivity contribution < 1.29 is 17.9 Å². The monoisotopic (exact) mass is 415 g/mol. The lowest BCUT2D eigenvalue weighted by molar-refractivity contribution is -0.137. The van der Waals surface area contributed by atoms with Gasteiger partial charge in [-0.05, 0) is 48.2 Å². The van der Waals surface area contributed by atoms with Crippen LogP contribution in [0, 0.1) is 0 Å². The molecule has 0 aliphatic carbocycles. The number of aryl methyl sites for hydroxylation is 1. The molecular formula is C23H24F3N3O. The summed E-state index contributed by atoms with van der Waals surface area (Å²) < 4.78 is 45.7. The number of hydrogen-bond acceptors (Lipinski definition) is 3. The highest BCUT2D eigenvalue weighted by molar-refractivity contribution is 5.37. The van der Waals surface area contributed by atoms with Crippen molar-refractivity contribution in [2.45, 2.75) is 25.1 Å². The van der Waals surface area contributed by atoms with Crippen molar-refractivity contribution >= 4 is 0 Å². The van der Waals surface area contributed by atoms with Gasteiger partial charge in [0.2, 0.25) is 0 Å². The van der Waals surface area contributed by atoms with Crippen LogP contribution >= 0.6 is 0 Å². The van der Waals surface area contributed by atoms with Gasteiger partial charge < -0.3 is 9.30 Å². The summed E-state index contributed by atoms with van der Waals surface area (Å²) >= 11 is 0. The van der Waals surface area contributed by atoms with Crippen molar-refractivity contribution in [1.82, 2.24) is 14.5 Å². The number of nitrogens with zero attached hydrogens (tertiary/aromatic N) is 3. The first kappa shape index (κ1) is 20.5. The number of aromatic nitrogens is 2. The second-order valence-electron chi connectivity index (χ2n) is 7.54. The average Bonchev–Trinajstić information content (AvgIpc) is 3.16. The van der Waals surface area contributed by atoms with Crippen LogP contribution in [0.4, 0.5) is 13.2 Å². The van der Waals surface area contributed by atoms with Crippen LogP contribution in [-0.4, -0.2) is 34.1 Å². The molecule has 1 aliphatic rings. The van der Waals surface area contributed by atoms with E-state index in [-0.39, 0.29) is 6.04 Å². The van der Waals surface area contributed by atoms with E-state index in [1.165, 1.54) is 23.3 Å². The van der Waals surface area contributed by atoms with E-state index >= 15 is 0 Å². The minimum Gasteiger partial charge on any atom is -0.494 e. The summed E-state index contributed by atoms with van der Waals surface area (Å²) in [4.78, 5) is 6.72. The van der Waals surface area contributed by atoms with Gasteiger partial charge in [-0.1, -0.05) is 24.3 Å². The van der Waals surface area contributed by atoms with Gasteiger partial charge in [-0.3, -0.25) is 4.90 Å². The third-order valence-corrected chi connectivity index (χ3v) is 5.56. The molecule has 7 heteroatoms. The van der Waals surface area contributed by atoms with E-state index in [4.69, 9.17) is 4.74 Å². The second-order valence-corrected chi connectivity index (χ2v) is 7.54. The van der Waals surface area contributed by atoms with E-state index in [0.29, 0.717) is 12.4 Å². The minimum atomic E-state index is -4.33. The fraction of sp³-hybridized carbons (Fsp3) is 0.348. The first-order chi connectivity index (χ1) is 14.4. The Morgan fingerprint density at radius 3 is 2.57 bits per heavy atom. The van der Waals surface area contributed by atoms with Crippen LogP contribution < -0.4 is 4.74 Å². The molecule has 1 aliphatic heterocycles. The zero-order valence-electron chi connectivity index (χ0n) is 16.8. The number of halogens is 3. The summed E-state index contributed by atoms with van der Waals surface area (Å²) in [6.45, 7) is 2.21. The Morgan fingerprint density at radius 2 is 1.87 bits per heavy atom. The Balaban J connectivity index is 1.40. The molecule has 1 unspecified atom stereocenters. The molecule has 0 amide bonds. The number of ether oxygens (including phenoxy) is 1. The highest BCUT2D eigenvalue weighted by atomic mass is 19.4. The summed E-state index contributed by atoms with van der Waals surface area (Å²) in [6.07, 6.45) is 1.17. The first-order valence-electron chi connectivity index (χ1n) is 10.0. The lowest BCUT2D eigenvalue weighted by Gasteiger charge is -2.37. The zero-order valence-corrected chi connectivity index (χ0v) is 16.8. The first-order valence-corrected chi connectivity index (χ1v) is 10.0. The van der Waals surface area contributed by atoms with Gasteiger partial charge in [0, 0.05) is 20.1 Å². The molecule has 0 bridgehead atoms. The largest absolute Gasteiger partial charge is 0.494 e. The topological polar surface area (TPSA) is 30.3 Å². The lowest BCUT2D eigenvalue weighted by atomic mass is 9.90. The molecule has 1 atom stereocenters. The summed E-state index contributed by atoms with van der Waals surface area (Å²) in [6, 6.07) is 13.5. The van der Waals surface area contributed by atoms with Crippen LogP contribution in [-0.2, 0) is 19.6 Å². The Hall–Kier alpha value is -2.80. The molecule has 0 saturated heterocycles. The molecule has 0 saturated carbocycles. The fourth-order valence-electron chi connectivity index (χ4n) is 4.03. The molecule has 0 radical (unpaired) electrons. The molecule has 4 rings (SSSR count). The van der Waals surface area contributed by atoms with E-state index in [0.717, 1.165) is 43.8 Å². The van der Waals surface area contributed by atoms with E-state index in [1.54, 1.807) is 0 Å². The van der Waals surface area contributed by atoms with Gasteiger partial charge in [0.05, 0.1) is 36.4 Å². The molecule has 0 spiro atoms. The quantitative estimate of drug-likeness (QED) is 0.539. The standard InChI is InChI=1S/C23H24F3N3O/c1-28-16-27-15-21(28)22-20-6-3-2-5-17(20)11-13-29(22)12-4-14-30-19-9-7-18(8-10-19)23(24,25)26/h2-3,5-10,15-16,22H,4,11-14H2,1H3. The van der Waals surface area contributed by atoms with Crippen molar-refractivity contribution in [1.29, 1.82) is 0 Å². The maximum absolute atomic E-state index is 12.7. The smallest absolute Gasteiger partial charge is 0.416 e. The predicted molar refractivity (Wildman–Crippen MR) is 108 cm³/mol. The Morgan fingerprint density at radius 1 is 1.10 bits per heavy atom. The minimum absolute atomic E-state index is 0.133. The maximum atomic E-state index is 12.7. The van der Waals surface area contributed by atoms with Crippen molar-refractivity contribution in [3.05, 3.63) is 83.4 Å². The van der Waals surface area contributed by atoms with Crippen molar-refractivity contribution in [3.8, 4) is 5.75 Å². The summed E-state index contributed by atoms with van der Waals surface area (Å²) in [5.41, 5.74) is 3.14. The van der Waals surface area contributed by atoms with E-state index in [2.05, 4.69) is 38.7 Å². The van der Waals surface area contributed by atoms with Gasteiger partial charge in [0.1, 0.15) is 5.75 Å². The fourth-order valence-corrected chi connectivity index (χ4v) is 4.03. The van der Waals surface area contributed by atoms with Crippen LogP contribution in [0.2, 0.25) is 0 Å². The number of imidazole rings is 1. The molecule has 0 fully saturated rings. The van der Waals surface area contributed by atoms with Crippen LogP contribution in [0.3, 0.4) is 0 Å². The van der Waals surface area contributed by atoms with E-state index in [9.17, 15) is 13.2 Å². The number of fused-ring (bicyclic) bond motifs is 1. The SMILES string of the molecule is Cn1cncc1C1c2ccccc2CCN1CCCOc1ccc(C(F)(F)F)cc1. The average molecular weight is 415 g/mol. The molecule has 0 N–H and O–H groups in total. The Kier molecular flexibility index (Phi) is 5.81. The van der Waals surface area contributed by atoms with Crippen LogP contribution in [0.15, 0.2) is 61.1 Å². The number of benzene rings is 2. The Bertz CT molecular complexity index is 982. The van der Waals surface area contributed by atoms with E-state index in [1.807, 2.05) is 19.6 Å². The van der Waals surface area contributed by atoms with Crippen molar-refractivity contribution in [2.75, 3.05) is 19.7 Å². The third kappa shape index (κ3) is 4.36. The zero-order chi connectivity index (χ0) is 21.1. The number of alkyl halides is 3. The van der Waals surface area contributed by atoms with Gasteiger partial charge in [-0.25, -0.2) is 4.98 Å². The third-order valence-electron chi connectivity index (χ3n) is 5.56. The molecule has 3 aromatic rings. The van der Waals surface area contributed by atoms with Gasteiger partial charge >= 0.3 is 6.18 Å². The molecule has 1 aromatic heterocycles. The van der Waals surface area contributed by atoms with Gasteiger partial charge in [-0.15, -0.1) is 0 Å². The van der Waals surface area contributed by atoms with E-state index < -0.39 is 11.7 Å². The van der Waals surface area contributed by atoms with Crippen LogP contribution in [0.25, 0.3) is 0 Å². The highest BCUT2D eigenvalue weighted by Gasteiger charge is 2.31. The Labute approximate surface area is 173 Å². The van der Waals surface area contributed by atoms with Gasteiger partial charge in [0.25, 0.3) is 0 Å². The number of rotatable bonds is 6.